The first kappa shape index (κ1) is 16.1. The van der Waals surface area contributed by atoms with Crippen molar-refractivity contribution in [3.05, 3.63) is 35.1 Å². The summed E-state index contributed by atoms with van der Waals surface area (Å²) in [6, 6.07) is 5.27. The van der Waals surface area contributed by atoms with E-state index in [9.17, 15) is 4.39 Å². The Hall–Kier alpha value is -0.930. The Morgan fingerprint density at radius 3 is 2.26 bits per heavy atom. The number of nitrogens with zero attached hydrogens (tertiary/aromatic N) is 1. The minimum Gasteiger partial charge on any atom is -0.313 e. The summed E-state index contributed by atoms with van der Waals surface area (Å²) in [5, 5.41) is 0. The molecule has 2 nitrogen and oxygen atoms in total. The summed E-state index contributed by atoms with van der Waals surface area (Å²) in [7, 11) is 0. The van der Waals surface area contributed by atoms with Crippen LogP contribution in [0, 0.1) is 12.7 Å². The van der Waals surface area contributed by atoms with Crippen LogP contribution >= 0.6 is 0 Å². The zero-order chi connectivity index (χ0) is 14.5. The van der Waals surface area contributed by atoms with Crippen LogP contribution in [0.25, 0.3) is 0 Å². The van der Waals surface area contributed by atoms with Crippen molar-refractivity contribution in [2.75, 3.05) is 13.1 Å². The van der Waals surface area contributed by atoms with E-state index < -0.39 is 0 Å². The Kier molecular flexibility index (Phi) is 5.95. The smallest absolute Gasteiger partial charge is 0.126 e. The minimum atomic E-state index is -0.379. The largest absolute Gasteiger partial charge is 0.313 e. The monoisotopic (exact) mass is 266 g/mol. The maximum absolute atomic E-state index is 13.3. The van der Waals surface area contributed by atoms with Crippen molar-refractivity contribution in [3.8, 4) is 0 Å². The predicted molar refractivity (Wildman–Crippen MR) is 79.6 cm³/mol. The molecule has 0 aromatic heterocycles. The van der Waals surface area contributed by atoms with E-state index in [0.29, 0.717) is 5.56 Å². The number of hydrogen-bond acceptors (Lipinski definition) is 2. The Labute approximate surface area is 116 Å². The summed E-state index contributed by atoms with van der Waals surface area (Å²) >= 11 is 0. The van der Waals surface area contributed by atoms with Crippen molar-refractivity contribution in [3.63, 3.8) is 0 Å². The summed E-state index contributed by atoms with van der Waals surface area (Å²) < 4.78 is 13.3. The molecule has 0 aliphatic rings. The van der Waals surface area contributed by atoms with E-state index in [1.807, 2.05) is 12.1 Å². The molecule has 1 unspecified atom stereocenters. The van der Waals surface area contributed by atoms with Gasteiger partial charge in [0.2, 0.25) is 0 Å². The van der Waals surface area contributed by atoms with E-state index in [1.54, 1.807) is 6.92 Å². The molecule has 1 aromatic rings. The average Bonchev–Trinajstić information content (AvgIpc) is 2.33. The second-order valence-electron chi connectivity index (χ2n) is 5.60. The molecule has 0 aliphatic carbocycles. The van der Waals surface area contributed by atoms with Gasteiger partial charge in [-0.05, 0) is 57.0 Å². The second kappa shape index (κ2) is 7.01. The van der Waals surface area contributed by atoms with Crippen molar-refractivity contribution in [2.24, 2.45) is 5.73 Å². The van der Waals surface area contributed by atoms with E-state index in [0.717, 1.165) is 37.9 Å². The van der Waals surface area contributed by atoms with Gasteiger partial charge in [-0.1, -0.05) is 26.0 Å². The van der Waals surface area contributed by atoms with Crippen LogP contribution in [0.1, 0.15) is 44.7 Å². The fourth-order valence-corrected chi connectivity index (χ4v) is 2.50. The van der Waals surface area contributed by atoms with Crippen LogP contribution in [0.4, 0.5) is 4.39 Å². The van der Waals surface area contributed by atoms with Crippen LogP contribution in [-0.4, -0.2) is 23.7 Å². The highest BCUT2D eigenvalue weighted by molar-refractivity contribution is 5.25. The van der Waals surface area contributed by atoms with Crippen molar-refractivity contribution in [1.29, 1.82) is 0 Å². The number of benzene rings is 1. The van der Waals surface area contributed by atoms with E-state index in [-0.39, 0.29) is 11.5 Å². The van der Waals surface area contributed by atoms with E-state index in [2.05, 4.69) is 25.7 Å². The number of rotatable bonds is 7. The molecule has 0 spiro atoms. The predicted octanol–water partition coefficient (Wildman–Crippen LogP) is 3.47. The van der Waals surface area contributed by atoms with Crippen LogP contribution in [0.5, 0.6) is 0 Å². The molecular weight excluding hydrogens is 239 g/mol. The van der Waals surface area contributed by atoms with E-state index in [1.165, 1.54) is 6.07 Å². The van der Waals surface area contributed by atoms with Crippen molar-refractivity contribution in [1.82, 2.24) is 4.90 Å². The molecular formula is C16H27FN2. The zero-order valence-electron chi connectivity index (χ0n) is 12.7. The van der Waals surface area contributed by atoms with E-state index in [4.69, 9.17) is 5.73 Å². The van der Waals surface area contributed by atoms with Gasteiger partial charge < -0.3 is 5.73 Å². The van der Waals surface area contributed by atoms with Gasteiger partial charge >= 0.3 is 0 Å². The van der Waals surface area contributed by atoms with Gasteiger partial charge in [0.15, 0.2) is 0 Å². The molecule has 1 aromatic carbocycles. The van der Waals surface area contributed by atoms with Crippen LogP contribution in [-0.2, 0) is 6.42 Å². The van der Waals surface area contributed by atoms with Gasteiger partial charge in [0, 0.05) is 6.42 Å². The molecule has 0 radical (unpaired) electrons. The molecule has 0 aliphatic heterocycles. The van der Waals surface area contributed by atoms with Gasteiger partial charge in [0.05, 0.1) is 5.66 Å². The lowest BCUT2D eigenvalue weighted by atomic mass is 9.98. The number of hydrogen-bond donors (Lipinski definition) is 1. The fraction of sp³-hybridized carbons (Fsp3) is 0.625. The normalized spacial score (nSPS) is 14.7. The van der Waals surface area contributed by atoms with Gasteiger partial charge in [-0.15, -0.1) is 0 Å². The quantitative estimate of drug-likeness (QED) is 0.766. The third kappa shape index (κ3) is 4.59. The third-order valence-corrected chi connectivity index (χ3v) is 3.49. The lowest BCUT2D eigenvalue weighted by Crippen LogP contribution is -2.55. The first-order valence-electron chi connectivity index (χ1n) is 7.19. The van der Waals surface area contributed by atoms with Gasteiger partial charge in [-0.2, -0.15) is 0 Å². The molecule has 0 bridgehead atoms. The molecule has 19 heavy (non-hydrogen) atoms. The lowest BCUT2D eigenvalue weighted by molar-refractivity contribution is 0.108. The molecule has 108 valence electrons. The van der Waals surface area contributed by atoms with Crippen LogP contribution in [0.15, 0.2) is 18.2 Å². The van der Waals surface area contributed by atoms with Crippen molar-refractivity contribution in [2.45, 2.75) is 52.6 Å². The molecule has 0 saturated heterocycles. The van der Waals surface area contributed by atoms with Gasteiger partial charge in [-0.3, -0.25) is 4.90 Å². The molecule has 0 amide bonds. The highest BCUT2D eigenvalue weighted by Gasteiger charge is 2.26. The lowest BCUT2D eigenvalue weighted by Gasteiger charge is -2.38. The molecule has 1 atom stereocenters. The Morgan fingerprint density at radius 1 is 1.21 bits per heavy atom. The molecule has 3 heteroatoms. The number of aryl methyl sites for hydroxylation is 1. The number of halogens is 1. The molecule has 0 saturated carbocycles. The molecule has 1 rings (SSSR count). The molecule has 0 fully saturated rings. The Balaban J connectivity index is 2.83. The van der Waals surface area contributed by atoms with Crippen molar-refractivity contribution >= 4 is 0 Å². The number of nitrogens with two attached hydrogens (primary N) is 1. The summed E-state index contributed by atoms with van der Waals surface area (Å²) in [4.78, 5) is 2.33. The van der Waals surface area contributed by atoms with Crippen LogP contribution in [0.2, 0.25) is 0 Å². The first-order valence-corrected chi connectivity index (χ1v) is 7.19. The topological polar surface area (TPSA) is 29.3 Å². The molecule has 0 heterocycles. The summed E-state index contributed by atoms with van der Waals surface area (Å²) in [6.07, 6.45) is 2.93. The highest BCUT2D eigenvalue weighted by atomic mass is 19.1. The minimum absolute atomic E-state index is 0.151. The van der Waals surface area contributed by atoms with Crippen LogP contribution < -0.4 is 5.73 Å². The summed E-state index contributed by atoms with van der Waals surface area (Å²) in [5.41, 5.74) is 7.89. The highest BCUT2D eigenvalue weighted by Crippen LogP contribution is 2.18. The fourth-order valence-electron chi connectivity index (χ4n) is 2.50. The van der Waals surface area contributed by atoms with E-state index >= 15 is 0 Å². The Bertz CT molecular complexity index is 396. The maximum atomic E-state index is 13.3. The van der Waals surface area contributed by atoms with Gasteiger partial charge in [0.25, 0.3) is 0 Å². The van der Waals surface area contributed by atoms with Gasteiger partial charge in [-0.25, -0.2) is 4.39 Å². The van der Waals surface area contributed by atoms with Crippen molar-refractivity contribution < 1.29 is 4.39 Å². The molecule has 2 N–H and O–H groups in total. The van der Waals surface area contributed by atoms with Gasteiger partial charge in [0.1, 0.15) is 5.82 Å². The second-order valence-corrected chi connectivity index (χ2v) is 5.60. The third-order valence-electron chi connectivity index (χ3n) is 3.49. The first-order chi connectivity index (χ1) is 8.90. The maximum Gasteiger partial charge on any atom is 0.126 e. The summed E-state index contributed by atoms with van der Waals surface area (Å²) in [6.45, 7) is 10.2. The SMILES string of the molecule is CCCN(CCC)C(C)(N)Cc1ccc(F)c(C)c1. The van der Waals surface area contributed by atoms with Crippen LogP contribution in [0.3, 0.4) is 0 Å². The Morgan fingerprint density at radius 2 is 1.79 bits per heavy atom. The zero-order valence-corrected chi connectivity index (χ0v) is 12.7. The average molecular weight is 266 g/mol. The standard InChI is InChI=1S/C16H27FN2/c1-5-9-19(10-6-2)16(4,18)12-14-7-8-15(17)13(3)11-14/h7-8,11H,5-6,9-10,12,18H2,1-4H3. The summed E-state index contributed by atoms with van der Waals surface area (Å²) in [5.74, 6) is -0.151.